The SMILES string of the molecule is O=C1CCCN1Cc1nnc(SCC(=O)C23CC4CC(CC(C4)C2)C3)o1. The number of amides is 1. The molecule has 140 valence electrons. The molecule has 0 spiro atoms. The van der Waals surface area contributed by atoms with Crippen molar-refractivity contribution in [3.05, 3.63) is 5.89 Å². The summed E-state index contributed by atoms with van der Waals surface area (Å²) in [5, 5.41) is 8.55. The van der Waals surface area contributed by atoms with Crippen LogP contribution in [0, 0.1) is 23.2 Å². The van der Waals surface area contributed by atoms with E-state index in [1.807, 2.05) is 0 Å². The Morgan fingerprint density at radius 2 is 1.85 bits per heavy atom. The molecular weight excluding hydrogens is 350 g/mol. The fourth-order valence-electron chi connectivity index (χ4n) is 6.13. The molecule has 4 bridgehead atoms. The summed E-state index contributed by atoms with van der Waals surface area (Å²) >= 11 is 1.36. The third-order valence-electron chi connectivity index (χ3n) is 6.90. The van der Waals surface area contributed by atoms with Crippen LogP contribution in [0.1, 0.15) is 57.3 Å². The highest BCUT2D eigenvalue weighted by molar-refractivity contribution is 7.99. The van der Waals surface area contributed by atoms with Gasteiger partial charge in [-0.1, -0.05) is 11.8 Å². The largest absolute Gasteiger partial charge is 0.414 e. The first-order valence-corrected chi connectivity index (χ1v) is 10.8. The minimum absolute atomic E-state index is 0.0629. The van der Waals surface area contributed by atoms with E-state index in [2.05, 4.69) is 10.2 Å². The fourth-order valence-corrected chi connectivity index (χ4v) is 6.94. The zero-order chi connectivity index (χ0) is 17.7. The maximum atomic E-state index is 13.0. The summed E-state index contributed by atoms with van der Waals surface area (Å²) in [6, 6.07) is 0. The van der Waals surface area contributed by atoms with Gasteiger partial charge < -0.3 is 9.32 Å². The van der Waals surface area contributed by atoms with Crippen LogP contribution in [0.5, 0.6) is 0 Å². The number of thioether (sulfide) groups is 1. The normalized spacial score (nSPS) is 35.5. The summed E-state index contributed by atoms with van der Waals surface area (Å²) in [6.07, 6.45) is 8.86. The van der Waals surface area contributed by atoms with Crippen LogP contribution < -0.4 is 0 Å². The lowest BCUT2D eigenvalue weighted by molar-refractivity contribution is -0.141. The summed E-state index contributed by atoms with van der Waals surface area (Å²) in [5.74, 6) is 3.77. The van der Waals surface area contributed by atoms with E-state index in [1.54, 1.807) is 4.90 Å². The number of carbonyl (C=O) groups is 2. The lowest BCUT2D eigenvalue weighted by Crippen LogP contribution is -2.50. The van der Waals surface area contributed by atoms with Gasteiger partial charge in [0.05, 0.1) is 12.3 Å². The topological polar surface area (TPSA) is 76.3 Å². The first kappa shape index (κ1) is 16.8. The van der Waals surface area contributed by atoms with Crippen molar-refractivity contribution in [1.82, 2.24) is 15.1 Å². The van der Waals surface area contributed by atoms with Crippen molar-refractivity contribution in [2.24, 2.45) is 23.2 Å². The summed E-state index contributed by atoms with van der Waals surface area (Å²) < 4.78 is 5.66. The van der Waals surface area contributed by atoms with Gasteiger partial charge in [0.2, 0.25) is 11.8 Å². The zero-order valence-electron chi connectivity index (χ0n) is 15.0. The Bertz CT molecular complexity index is 696. The predicted octanol–water partition coefficient (Wildman–Crippen LogP) is 3.07. The van der Waals surface area contributed by atoms with Gasteiger partial charge in [-0.3, -0.25) is 9.59 Å². The summed E-state index contributed by atoms with van der Waals surface area (Å²) in [6.45, 7) is 1.14. The molecule has 1 aromatic heterocycles. The molecule has 6 nitrogen and oxygen atoms in total. The third kappa shape index (κ3) is 2.98. The van der Waals surface area contributed by atoms with Crippen molar-refractivity contribution in [2.45, 2.75) is 63.1 Å². The molecule has 26 heavy (non-hydrogen) atoms. The van der Waals surface area contributed by atoms with E-state index in [-0.39, 0.29) is 11.3 Å². The van der Waals surface area contributed by atoms with Crippen LogP contribution in [0.15, 0.2) is 9.64 Å². The average molecular weight is 375 g/mol. The van der Waals surface area contributed by atoms with E-state index in [0.717, 1.165) is 50.0 Å². The Hall–Kier alpha value is -1.37. The molecule has 6 rings (SSSR count). The Labute approximate surface area is 157 Å². The monoisotopic (exact) mass is 375 g/mol. The highest BCUT2D eigenvalue weighted by Crippen LogP contribution is 2.60. The standard InChI is InChI=1S/C19H25N3O3S/c23-15(19-7-12-4-13(8-19)6-14(5-12)9-19)11-26-18-21-20-16(25-18)10-22-3-1-2-17(22)24/h12-14H,1-11H2. The van der Waals surface area contributed by atoms with Gasteiger partial charge in [0.15, 0.2) is 0 Å². The minimum atomic E-state index is -0.0629. The Kier molecular flexibility index (Phi) is 4.10. The smallest absolute Gasteiger partial charge is 0.277 e. The van der Waals surface area contributed by atoms with E-state index in [9.17, 15) is 9.59 Å². The Balaban J connectivity index is 1.19. The van der Waals surface area contributed by atoms with Gasteiger partial charge in [-0.25, -0.2) is 0 Å². The molecular formula is C19H25N3O3S. The lowest BCUT2D eigenvalue weighted by atomic mass is 9.48. The van der Waals surface area contributed by atoms with Crippen LogP contribution in [0.4, 0.5) is 0 Å². The molecule has 7 heteroatoms. The van der Waals surface area contributed by atoms with Gasteiger partial charge in [0.25, 0.3) is 5.22 Å². The van der Waals surface area contributed by atoms with Crippen LogP contribution in [0.3, 0.4) is 0 Å². The van der Waals surface area contributed by atoms with Crippen molar-refractivity contribution in [2.75, 3.05) is 12.3 Å². The first-order valence-electron chi connectivity index (χ1n) is 9.86. The van der Waals surface area contributed by atoms with Gasteiger partial charge in [0.1, 0.15) is 5.78 Å². The van der Waals surface area contributed by atoms with Gasteiger partial charge in [-0.2, -0.15) is 0 Å². The molecule has 5 fully saturated rings. The number of Topliss-reactive ketones (excluding diaryl/α,β-unsaturated/α-hetero) is 1. The van der Waals surface area contributed by atoms with Crippen molar-refractivity contribution >= 4 is 23.5 Å². The maximum Gasteiger partial charge on any atom is 0.277 e. The maximum absolute atomic E-state index is 13.0. The van der Waals surface area contributed by atoms with E-state index >= 15 is 0 Å². The van der Waals surface area contributed by atoms with Crippen LogP contribution in [-0.4, -0.2) is 39.1 Å². The van der Waals surface area contributed by atoms with Crippen LogP contribution >= 0.6 is 11.8 Å². The second-order valence-corrected chi connectivity index (χ2v) is 9.72. The fraction of sp³-hybridized carbons (Fsp3) is 0.789. The number of nitrogens with zero attached hydrogens (tertiary/aromatic N) is 3. The van der Waals surface area contributed by atoms with E-state index in [4.69, 9.17) is 4.42 Å². The first-order chi connectivity index (χ1) is 12.6. The number of carbonyl (C=O) groups excluding carboxylic acids is 2. The van der Waals surface area contributed by atoms with Crippen LogP contribution in [0.2, 0.25) is 0 Å². The number of hydrogen-bond acceptors (Lipinski definition) is 6. The molecule has 1 aromatic rings. The van der Waals surface area contributed by atoms with Crippen molar-refractivity contribution in [3.8, 4) is 0 Å². The number of rotatable bonds is 6. The molecule has 0 N–H and O–H groups in total. The summed E-state index contributed by atoms with van der Waals surface area (Å²) in [5.41, 5.74) is -0.0629. The highest BCUT2D eigenvalue weighted by Gasteiger charge is 2.54. The summed E-state index contributed by atoms with van der Waals surface area (Å²) in [4.78, 5) is 26.5. The van der Waals surface area contributed by atoms with E-state index in [0.29, 0.717) is 35.6 Å². The number of hydrogen-bond donors (Lipinski definition) is 0. The molecule has 1 saturated heterocycles. The quantitative estimate of drug-likeness (QED) is 0.711. The van der Waals surface area contributed by atoms with Crippen LogP contribution in [-0.2, 0) is 16.1 Å². The number of aromatic nitrogens is 2. The van der Waals surface area contributed by atoms with Crippen LogP contribution in [0.25, 0.3) is 0 Å². The minimum Gasteiger partial charge on any atom is -0.414 e. The van der Waals surface area contributed by atoms with Gasteiger partial charge >= 0.3 is 0 Å². The van der Waals surface area contributed by atoms with Gasteiger partial charge in [-0.15, -0.1) is 10.2 Å². The molecule has 0 radical (unpaired) electrons. The predicted molar refractivity (Wildman–Crippen MR) is 95.3 cm³/mol. The molecule has 0 atom stereocenters. The molecule has 5 aliphatic rings. The van der Waals surface area contributed by atoms with Gasteiger partial charge in [-0.05, 0) is 62.7 Å². The van der Waals surface area contributed by atoms with E-state index in [1.165, 1.54) is 31.0 Å². The average Bonchev–Trinajstić information content (AvgIpc) is 3.21. The molecule has 1 amide bonds. The second-order valence-electron chi connectivity index (χ2n) is 8.79. The lowest BCUT2D eigenvalue weighted by Gasteiger charge is -2.55. The number of ketones is 1. The van der Waals surface area contributed by atoms with E-state index < -0.39 is 0 Å². The Morgan fingerprint density at radius 3 is 2.46 bits per heavy atom. The molecule has 0 aromatic carbocycles. The molecule has 0 unspecified atom stereocenters. The Morgan fingerprint density at radius 1 is 1.15 bits per heavy atom. The zero-order valence-corrected chi connectivity index (χ0v) is 15.8. The van der Waals surface area contributed by atoms with Crippen molar-refractivity contribution < 1.29 is 14.0 Å². The molecule has 4 aliphatic carbocycles. The van der Waals surface area contributed by atoms with Crippen molar-refractivity contribution in [1.29, 1.82) is 0 Å². The third-order valence-corrected chi connectivity index (χ3v) is 7.72. The molecule has 2 heterocycles. The second kappa shape index (κ2) is 6.36. The van der Waals surface area contributed by atoms with Gasteiger partial charge in [0, 0.05) is 18.4 Å². The molecule has 4 saturated carbocycles. The summed E-state index contributed by atoms with van der Waals surface area (Å²) in [7, 11) is 0. The number of likely N-dealkylation sites (tertiary alicyclic amines) is 1. The highest BCUT2D eigenvalue weighted by atomic mass is 32.2. The molecule has 1 aliphatic heterocycles. The van der Waals surface area contributed by atoms with Crippen molar-refractivity contribution in [3.63, 3.8) is 0 Å².